The summed E-state index contributed by atoms with van der Waals surface area (Å²) >= 11 is 6.52. The number of aryl methyl sites for hydroxylation is 1. The lowest BCUT2D eigenvalue weighted by atomic mass is 10.0. The fourth-order valence-corrected chi connectivity index (χ4v) is 4.20. The van der Waals surface area contributed by atoms with Crippen LogP contribution in [0.25, 0.3) is 28.1 Å². The largest absolute Gasteiger partial charge is 0.355 e. The minimum Gasteiger partial charge on any atom is -0.355 e. The lowest BCUT2D eigenvalue weighted by Crippen LogP contribution is -2.35. The normalized spacial score (nSPS) is 16.9. The van der Waals surface area contributed by atoms with Crippen molar-refractivity contribution in [1.29, 1.82) is 0 Å². The maximum absolute atomic E-state index is 6.52. The summed E-state index contributed by atoms with van der Waals surface area (Å²) in [7, 11) is 0. The summed E-state index contributed by atoms with van der Waals surface area (Å²) in [6, 6.07) is 5.78. The molecule has 1 aliphatic rings. The zero-order valence-electron chi connectivity index (χ0n) is 17.0. The summed E-state index contributed by atoms with van der Waals surface area (Å²) in [5, 5.41) is 6.17. The molecule has 1 saturated heterocycles. The van der Waals surface area contributed by atoms with Gasteiger partial charge in [-0.25, -0.2) is 14.6 Å². The van der Waals surface area contributed by atoms with Gasteiger partial charge in [0.25, 0.3) is 0 Å². The van der Waals surface area contributed by atoms with Crippen LogP contribution in [0.5, 0.6) is 0 Å². The second-order valence-electron chi connectivity index (χ2n) is 7.90. The van der Waals surface area contributed by atoms with Crippen molar-refractivity contribution in [2.75, 3.05) is 18.0 Å². The summed E-state index contributed by atoms with van der Waals surface area (Å²) in [4.78, 5) is 20.5. The molecule has 152 valence electrons. The van der Waals surface area contributed by atoms with E-state index in [-0.39, 0.29) is 0 Å². The van der Waals surface area contributed by atoms with Gasteiger partial charge in [-0.05, 0) is 43.9 Å². The Labute approximate surface area is 179 Å². The van der Waals surface area contributed by atoms with Crippen LogP contribution in [-0.4, -0.2) is 42.8 Å². The predicted octanol–water partition coefficient (Wildman–Crippen LogP) is 4.47. The molecule has 5 heterocycles. The number of pyridine rings is 2. The first-order valence-electron chi connectivity index (χ1n) is 10.1. The highest BCUT2D eigenvalue weighted by Crippen LogP contribution is 2.30. The highest BCUT2D eigenvalue weighted by Gasteiger charge is 2.21. The molecule has 0 bridgehead atoms. The summed E-state index contributed by atoms with van der Waals surface area (Å²) in [6.07, 6.45) is 9.45. The Morgan fingerprint density at radius 1 is 1.07 bits per heavy atom. The summed E-state index contributed by atoms with van der Waals surface area (Å²) in [5.41, 5.74) is 3.25. The van der Waals surface area contributed by atoms with E-state index in [0.717, 1.165) is 59.1 Å². The van der Waals surface area contributed by atoms with Gasteiger partial charge in [0.05, 0.1) is 34.3 Å². The Morgan fingerprint density at radius 2 is 1.97 bits per heavy atom. The number of halogens is 1. The van der Waals surface area contributed by atoms with Crippen molar-refractivity contribution in [2.24, 2.45) is 5.92 Å². The van der Waals surface area contributed by atoms with E-state index >= 15 is 0 Å². The van der Waals surface area contributed by atoms with E-state index in [1.807, 2.05) is 29.8 Å². The van der Waals surface area contributed by atoms with Gasteiger partial charge in [0.2, 0.25) is 0 Å². The van der Waals surface area contributed by atoms with E-state index in [1.54, 1.807) is 24.8 Å². The maximum Gasteiger partial charge on any atom is 0.156 e. The molecule has 1 atom stereocenters. The van der Waals surface area contributed by atoms with E-state index in [4.69, 9.17) is 16.6 Å². The number of nitrogens with zero attached hydrogens (tertiary/aromatic N) is 7. The molecule has 30 heavy (non-hydrogen) atoms. The zero-order valence-corrected chi connectivity index (χ0v) is 17.7. The quantitative estimate of drug-likeness (QED) is 0.487. The van der Waals surface area contributed by atoms with Crippen LogP contribution in [0.3, 0.4) is 0 Å². The monoisotopic (exact) mass is 419 g/mol. The molecule has 0 amide bonds. The molecule has 1 fully saturated rings. The van der Waals surface area contributed by atoms with Gasteiger partial charge in [-0.15, -0.1) is 0 Å². The molecule has 0 spiro atoms. The third-order valence-corrected chi connectivity index (χ3v) is 5.75. The molecule has 0 aromatic carbocycles. The lowest BCUT2D eigenvalue weighted by Gasteiger charge is -2.32. The van der Waals surface area contributed by atoms with E-state index in [0.29, 0.717) is 10.9 Å². The first kappa shape index (κ1) is 18.9. The number of aromatic nitrogens is 6. The van der Waals surface area contributed by atoms with Crippen molar-refractivity contribution in [1.82, 2.24) is 29.7 Å². The van der Waals surface area contributed by atoms with E-state index < -0.39 is 0 Å². The molecular weight excluding hydrogens is 398 g/mol. The number of hydrogen-bond acceptors (Lipinski definition) is 6. The average Bonchev–Trinajstić information content (AvgIpc) is 3.17. The number of piperidine rings is 1. The predicted molar refractivity (Wildman–Crippen MR) is 118 cm³/mol. The Kier molecular flexibility index (Phi) is 4.83. The first-order valence-corrected chi connectivity index (χ1v) is 10.5. The van der Waals surface area contributed by atoms with Gasteiger partial charge in [-0.2, -0.15) is 5.10 Å². The molecule has 4 aromatic rings. The van der Waals surface area contributed by atoms with Crippen molar-refractivity contribution < 1.29 is 0 Å². The molecule has 8 heteroatoms. The van der Waals surface area contributed by atoms with Crippen molar-refractivity contribution >= 4 is 28.3 Å². The zero-order chi connectivity index (χ0) is 20.7. The van der Waals surface area contributed by atoms with Gasteiger partial charge in [0.15, 0.2) is 5.82 Å². The summed E-state index contributed by atoms with van der Waals surface area (Å²) < 4.78 is 1.83. The smallest absolute Gasteiger partial charge is 0.156 e. The van der Waals surface area contributed by atoms with Crippen molar-refractivity contribution in [3.8, 4) is 17.2 Å². The highest BCUT2D eigenvalue weighted by atomic mass is 35.5. The molecule has 4 aromatic heterocycles. The van der Waals surface area contributed by atoms with Crippen LogP contribution in [0.15, 0.2) is 43.0 Å². The average molecular weight is 420 g/mol. The standard InChI is InChI=1S/C22H22ClN7/c1-14-4-3-7-29(13-14)22-17(23)5-6-21(28-22)30-20-8-18(25-10-16(20)11-26-30)19-12-24-9-15(2)27-19/h5-6,8-12,14H,3-4,7,13H2,1-2H3. The van der Waals surface area contributed by atoms with Gasteiger partial charge in [0.1, 0.15) is 11.5 Å². The summed E-state index contributed by atoms with van der Waals surface area (Å²) in [5.74, 6) is 2.19. The molecule has 0 saturated carbocycles. The number of fused-ring (bicyclic) bond motifs is 1. The third-order valence-electron chi connectivity index (χ3n) is 5.46. The molecular formula is C22H22ClN7. The molecule has 0 radical (unpaired) electrons. The van der Waals surface area contributed by atoms with Gasteiger partial charge in [0, 0.05) is 30.9 Å². The Morgan fingerprint density at radius 3 is 2.80 bits per heavy atom. The minimum absolute atomic E-state index is 0.634. The van der Waals surface area contributed by atoms with Crippen LogP contribution in [0.4, 0.5) is 5.82 Å². The number of anilines is 1. The minimum atomic E-state index is 0.634. The Hall–Kier alpha value is -3.06. The molecule has 7 nitrogen and oxygen atoms in total. The maximum atomic E-state index is 6.52. The number of rotatable bonds is 3. The SMILES string of the molecule is Cc1cncc(-c2cc3c(cn2)cnn3-c2ccc(Cl)c(N3CCCC(C)C3)n2)n1. The van der Waals surface area contributed by atoms with Crippen molar-refractivity contribution in [3.63, 3.8) is 0 Å². The van der Waals surface area contributed by atoms with E-state index in [1.165, 1.54) is 6.42 Å². The van der Waals surface area contributed by atoms with Crippen molar-refractivity contribution in [2.45, 2.75) is 26.7 Å². The van der Waals surface area contributed by atoms with Gasteiger partial charge < -0.3 is 4.90 Å². The van der Waals surface area contributed by atoms with E-state index in [9.17, 15) is 0 Å². The van der Waals surface area contributed by atoms with Crippen LogP contribution in [0.2, 0.25) is 5.02 Å². The van der Waals surface area contributed by atoms with Crippen LogP contribution < -0.4 is 4.90 Å². The topological polar surface area (TPSA) is 72.6 Å². The molecule has 1 aliphatic heterocycles. The molecule has 5 rings (SSSR count). The Balaban J connectivity index is 1.58. The lowest BCUT2D eigenvalue weighted by molar-refractivity contribution is 0.444. The van der Waals surface area contributed by atoms with Crippen LogP contribution in [0.1, 0.15) is 25.5 Å². The third kappa shape index (κ3) is 3.50. The molecule has 0 N–H and O–H groups in total. The van der Waals surface area contributed by atoms with Crippen molar-refractivity contribution in [3.05, 3.63) is 53.7 Å². The fraction of sp³-hybridized carbons (Fsp3) is 0.318. The van der Waals surface area contributed by atoms with Gasteiger partial charge in [-0.3, -0.25) is 9.97 Å². The first-order chi connectivity index (χ1) is 14.6. The van der Waals surface area contributed by atoms with Crippen LogP contribution in [-0.2, 0) is 0 Å². The fourth-order valence-electron chi connectivity index (χ4n) is 3.97. The van der Waals surface area contributed by atoms with Crippen LogP contribution in [0, 0.1) is 12.8 Å². The summed E-state index contributed by atoms with van der Waals surface area (Å²) in [6.45, 7) is 6.13. The second kappa shape index (κ2) is 7.65. The Bertz CT molecular complexity index is 1220. The molecule has 1 unspecified atom stereocenters. The molecule has 0 aliphatic carbocycles. The number of hydrogen-bond donors (Lipinski definition) is 0. The van der Waals surface area contributed by atoms with Gasteiger partial charge in [-0.1, -0.05) is 18.5 Å². The van der Waals surface area contributed by atoms with E-state index in [2.05, 4.69) is 31.9 Å². The second-order valence-corrected chi connectivity index (χ2v) is 8.31. The van der Waals surface area contributed by atoms with Crippen LogP contribution >= 0.6 is 11.6 Å². The van der Waals surface area contributed by atoms with Gasteiger partial charge >= 0.3 is 0 Å². The highest BCUT2D eigenvalue weighted by molar-refractivity contribution is 6.33.